The minimum atomic E-state index is -1.25. The third kappa shape index (κ3) is 5.04. The molecule has 2 amide bonds. The highest BCUT2D eigenvalue weighted by Crippen LogP contribution is 2.41. The third-order valence-corrected chi connectivity index (χ3v) is 8.94. The van der Waals surface area contributed by atoms with Gasteiger partial charge in [0.15, 0.2) is 16.0 Å². The summed E-state index contributed by atoms with van der Waals surface area (Å²) in [6.07, 6.45) is -0.360. The van der Waals surface area contributed by atoms with Gasteiger partial charge in [-0.15, -0.1) is 23.1 Å². The lowest BCUT2D eigenvalue weighted by Gasteiger charge is -2.49. The zero-order valence-corrected chi connectivity index (χ0v) is 22.9. The first kappa shape index (κ1) is 27.7. The Balaban J connectivity index is 1.49. The van der Waals surface area contributed by atoms with Gasteiger partial charge in [-0.2, -0.15) is 0 Å². The number of β-lactam (4-membered cyclic amide) rings is 1. The lowest BCUT2D eigenvalue weighted by molar-refractivity contribution is -0.150. The van der Waals surface area contributed by atoms with Crippen molar-refractivity contribution in [2.45, 2.75) is 24.5 Å². The maximum absolute atomic E-state index is 13.0. The van der Waals surface area contributed by atoms with E-state index in [1.54, 1.807) is 7.05 Å². The molecule has 204 valence electrons. The number of nitrogens with two attached hydrogens (primary N) is 3. The second-order valence-corrected chi connectivity index (χ2v) is 11.1. The number of aliphatic carboxylic acids is 1. The number of carbonyl (C=O) groups excluding carboxylic acids is 2. The monoisotopic (exact) mass is 582 g/mol. The van der Waals surface area contributed by atoms with E-state index in [9.17, 15) is 19.5 Å². The smallest absolute Gasteiger partial charge is 0.352 e. The standard InChI is InChI=1S/C20H26N10O5S3/c1-7-13(21)27-20(30(23)14(7)24-2)38-5-8-4-36-17-11(16(32)29(17)12(8)18(33)34)26-15(31)10(28-35-3)9-6-37-19(22)25-9/h6,11,14,17,24H,4-5,21,23H2,1-3H3,(H2,22,25)(H,26,31)(H,33,34)/b28-10-/t11?,14?,17-/m0/s1. The zero-order valence-electron chi connectivity index (χ0n) is 20.5. The molecule has 18 heteroatoms. The number of thiazole rings is 1. The van der Waals surface area contributed by atoms with E-state index in [1.807, 2.05) is 6.92 Å². The summed E-state index contributed by atoms with van der Waals surface area (Å²) in [7, 11) is 3.01. The van der Waals surface area contributed by atoms with E-state index in [1.165, 1.54) is 45.9 Å². The number of aromatic nitrogens is 1. The molecule has 4 heterocycles. The number of fused-ring (bicyclic) bond motifs is 1. The zero-order chi connectivity index (χ0) is 27.7. The lowest BCUT2D eigenvalue weighted by atomic mass is 10.0. The highest BCUT2D eigenvalue weighted by molar-refractivity contribution is 8.14. The number of amidine groups is 1. The number of hydrogen-bond acceptors (Lipinski definition) is 15. The number of nitrogen functional groups attached to an aromatic ring is 1. The summed E-state index contributed by atoms with van der Waals surface area (Å²) >= 11 is 3.67. The number of anilines is 1. The number of oxime groups is 1. The number of nitrogens with one attached hydrogen (secondary N) is 2. The van der Waals surface area contributed by atoms with E-state index in [2.05, 4.69) is 25.8 Å². The molecule has 1 saturated heterocycles. The van der Waals surface area contributed by atoms with Gasteiger partial charge in [0, 0.05) is 22.5 Å². The number of thioether (sulfide) groups is 2. The van der Waals surface area contributed by atoms with Crippen LogP contribution in [0.25, 0.3) is 0 Å². The van der Waals surface area contributed by atoms with Crippen molar-refractivity contribution >= 4 is 68.7 Å². The lowest BCUT2D eigenvalue weighted by Crippen LogP contribution is -2.71. The van der Waals surface area contributed by atoms with Crippen LogP contribution in [0.3, 0.4) is 0 Å². The van der Waals surface area contributed by atoms with Gasteiger partial charge in [0.05, 0.1) is 0 Å². The molecule has 0 aromatic carbocycles. The average molecular weight is 583 g/mol. The maximum Gasteiger partial charge on any atom is 0.352 e. The van der Waals surface area contributed by atoms with Crippen LogP contribution in [0, 0.1) is 0 Å². The van der Waals surface area contributed by atoms with Gasteiger partial charge in [-0.1, -0.05) is 16.9 Å². The van der Waals surface area contributed by atoms with Gasteiger partial charge < -0.3 is 26.7 Å². The van der Waals surface area contributed by atoms with Crippen LogP contribution in [0.15, 0.2) is 38.2 Å². The molecule has 3 aliphatic rings. The first-order valence-corrected chi connectivity index (χ1v) is 13.9. The molecule has 0 saturated carbocycles. The minimum Gasteiger partial charge on any atom is -0.477 e. The number of carboxylic acids is 1. The van der Waals surface area contributed by atoms with Crippen molar-refractivity contribution in [3.05, 3.63) is 33.7 Å². The number of likely N-dealkylation sites (N-methyl/N-ethyl adjacent to an activating group) is 1. The van der Waals surface area contributed by atoms with Crippen LogP contribution in [0.4, 0.5) is 5.13 Å². The number of nitrogens with zero attached hydrogens (tertiary/aromatic N) is 5. The van der Waals surface area contributed by atoms with Crippen LogP contribution in [-0.4, -0.2) is 91.9 Å². The van der Waals surface area contributed by atoms with Crippen LogP contribution in [0.2, 0.25) is 0 Å². The van der Waals surface area contributed by atoms with Gasteiger partial charge in [0.25, 0.3) is 11.8 Å². The Morgan fingerprint density at radius 1 is 1.39 bits per heavy atom. The van der Waals surface area contributed by atoms with E-state index in [-0.39, 0.29) is 34.2 Å². The topological polar surface area (TPSA) is 227 Å². The van der Waals surface area contributed by atoms with E-state index < -0.39 is 29.2 Å². The number of hydrazine groups is 1. The highest BCUT2D eigenvalue weighted by atomic mass is 32.2. The molecule has 4 rings (SSSR count). The number of amides is 2. The maximum atomic E-state index is 13.0. The van der Waals surface area contributed by atoms with Crippen molar-refractivity contribution in [2.75, 3.05) is 31.4 Å². The molecule has 1 aromatic heterocycles. The van der Waals surface area contributed by atoms with Gasteiger partial charge in [0.1, 0.15) is 41.9 Å². The van der Waals surface area contributed by atoms with Crippen LogP contribution in [-0.2, 0) is 19.2 Å². The Morgan fingerprint density at radius 2 is 2.13 bits per heavy atom. The Labute approximate surface area is 229 Å². The molecule has 3 atom stereocenters. The molecule has 1 aromatic rings. The Kier molecular flexibility index (Phi) is 8.16. The summed E-state index contributed by atoms with van der Waals surface area (Å²) in [4.78, 5) is 52.4. The molecule has 0 radical (unpaired) electrons. The Morgan fingerprint density at radius 3 is 2.74 bits per heavy atom. The summed E-state index contributed by atoms with van der Waals surface area (Å²) in [5.74, 6) is 4.54. The number of rotatable bonds is 8. The first-order valence-electron chi connectivity index (χ1n) is 11.0. The number of carboxylic acid groups (broad SMARTS) is 1. The average Bonchev–Trinajstić information content (AvgIpc) is 3.32. The Bertz CT molecular complexity index is 1290. The predicted octanol–water partition coefficient (Wildman–Crippen LogP) is -1.17. The van der Waals surface area contributed by atoms with Gasteiger partial charge in [0.2, 0.25) is 0 Å². The quantitative estimate of drug-likeness (QED) is 0.0920. The van der Waals surface area contributed by atoms with E-state index in [0.717, 1.165) is 16.9 Å². The third-order valence-electron chi connectivity index (χ3n) is 5.88. The molecule has 0 bridgehead atoms. The summed E-state index contributed by atoms with van der Waals surface area (Å²) in [5, 5.41) is 22.3. The fourth-order valence-electron chi connectivity index (χ4n) is 4.02. The second-order valence-electron chi connectivity index (χ2n) is 8.16. The molecule has 3 aliphatic heterocycles. The van der Waals surface area contributed by atoms with E-state index in [4.69, 9.17) is 22.1 Å². The molecule has 15 nitrogen and oxygen atoms in total. The Hall–Kier alpha value is -3.32. The summed E-state index contributed by atoms with van der Waals surface area (Å²) in [6.45, 7) is 1.81. The van der Waals surface area contributed by atoms with Crippen LogP contribution >= 0.6 is 34.9 Å². The highest BCUT2D eigenvalue weighted by Gasteiger charge is 2.54. The van der Waals surface area contributed by atoms with Crippen LogP contribution in [0.1, 0.15) is 12.6 Å². The molecule has 9 N–H and O–H groups in total. The van der Waals surface area contributed by atoms with Crippen LogP contribution < -0.4 is 27.9 Å². The molecule has 1 fully saturated rings. The summed E-state index contributed by atoms with van der Waals surface area (Å²) in [5.41, 5.74) is 12.9. The first-order chi connectivity index (χ1) is 18.1. The second kappa shape index (κ2) is 11.2. The minimum absolute atomic E-state index is 0.125. The van der Waals surface area contributed by atoms with Crippen molar-refractivity contribution in [3.8, 4) is 0 Å². The van der Waals surface area contributed by atoms with E-state index >= 15 is 0 Å². The predicted molar refractivity (Wildman–Crippen MR) is 145 cm³/mol. The molecule has 0 spiro atoms. The molecule has 38 heavy (non-hydrogen) atoms. The summed E-state index contributed by atoms with van der Waals surface area (Å²) < 4.78 is 0. The van der Waals surface area contributed by atoms with Gasteiger partial charge >= 0.3 is 5.97 Å². The largest absolute Gasteiger partial charge is 0.477 e. The molecular weight excluding hydrogens is 556 g/mol. The number of aliphatic imine (C=N–C) groups is 1. The fourth-order valence-corrected chi connectivity index (χ4v) is 7.00. The van der Waals surface area contributed by atoms with Gasteiger partial charge in [-0.05, 0) is 19.5 Å². The fraction of sp³-hybridized carbons (Fsp3) is 0.400. The van der Waals surface area contributed by atoms with Crippen molar-refractivity contribution in [1.29, 1.82) is 0 Å². The number of hydrogen-bond donors (Lipinski definition) is 6. The molecule has 2 unspecified atom stereocenters. The molecular formula is C20H26N10O5S3. The van der Waals surface area contributed by atoms with Gasteiger partial charge in [-0.3, -0.25) is 24.8 Å². The van der Waals surface area contributed by atoms with Crippen molar-refractivity contribution < 1.29 is 24.3 Å². The van der Waals surface area contributed by atoms with Gasteiger partial charge in [-0.25, -0.2) is 20.6 Å². The normalized spacial score (nSPS) is 23.7. The summed E-state index contributed by atoms with van der Waals surface area (Å²) in [6, 6.07) is -0.958. The SMILES string of the molecule is CNC1C(C)=C(N)N=C(SCC2=C(C(=O)O)N3C(=O)C(NC(=O)/C(=N\OC)c4csc(N)n4)[C@@H]3SC2)N1N. The number of carbonyl (C=O) groups is 3. The van der Waals surface area contributed by atoms with Crippen molar-refractivity contribution in [3.63, 3.8) is 0 Å². The molecule has 0 aliphatic carbocycles. The van der Waals surface area contributed by atoms with Crippen LogP contribution in [0.5, 0.6) is 0 Å². The van der Waals surface area contributed by atoms with Crippen molar-refractivity contribution in [1.82, 2.24) is 25.5 Å². The van der Waals surface area contributed by atoms with Crippen molar-refractivity contribution in [2.24, 2.45) is 21.7 Å². The van der Waals surface area contributed by atoms with E-state index in [0.29, 0.717) is 22.3 Å².